The summed E-state index contributed by atoms with van der Waals surface area (Å²) in [7, 11) is 0. The fourth-order valence-electron chi connectivity index (χ4n) is 3.20. The molecule has 1 heterocycles. The van der Waals surface area contributed by atoms with Crippen LogP contribution in [0.4, 0.5) is 4.79 Å². The maximum Gasteiger partial charge on any atom is 0.410 e. The van der Waals surface area contributed by atoms with Gasteiger partial charge in [0.1, 0.15) is 5.60 Å². The Kier molecular flexibility index (Phi) is 6.13. The van der Waals surface area contributed by atoms with Gasteiger partial charge in [-0.25, -0.2) is 4.79 Å². The SMILES string of the molecule is C[C@H](NC(=O)C1(c2ccccc2)CCN(C(=O)OC(C)(C)C)CC1)C(=O)[O-]. The molecule has 1 aromatic carbocycles. The van der Waals surface area contributed by atoms with Crippen molar-refractivity contribution in [2.75, 3.05) is 13.1 Å². The summed E-state index contributed by atoms with van der Waals surface area (Å²) in [6, 6.07) is 8.15. The van der Waals surface area contributed by atoms with Crippen molar-refractivity contribution >= 4 is 18.0 Å². The molecule has 0 aromatic heterocycles. The van der Waals surface area contributed by atoms with Crippen LogP contribution in [-0.2, 0) is 19.7 Å². The van der Waals surface area contributed by atoms with E-state index in [0.29, 0.717) is 25.9 Å². The molecule has 1 aliphatic rings. The zero-order valence-electron chi connectivity index (χ0n) is 16.3. The topological polar surface area (TPSA) is 98.8 Å². The molecule has 0 unspecified atom stereocenters. The maximum absolute atomic E-state index is 13.0. The average Bonchev–Trinajstić information content (AvgIpc) is 2.60. The minimum atomic E-state index is -1.34. The molecule has 2 rings (SSSR count). The lowest BCUT2D eigenvalue weighted by Crippen LogP contribution is -2.57. The summed E-state index contributed by atoms with van der Waals surface area (Å²) in [4.78, 5) is 37.9. The molecule has 7 nitrogen and oxygen atoms in total. The van der Waals surface area contributed by atoms with Crippen LogP contribution in [0.15, 0.2) is 30.3 Å². The molecule has 1 atom stereocenters. The van der Waals surface area contributed by atoms with Gasteiger partial charge in [0.2, 0.25) is 5.91 Å². The van der Waals surface area contributed by atoms with Crippen LogP contribution in [0.5, 0.6) is 0 Å². The van der Waals surface area contributed by atoms with Crippen LogP contribution in [-0.4, -0.2) is 47.6 Å². The molecule has 0 bridgehead atoms. The van der Waals surface area contributed by atoms with E-state index in [0.717, 1.165) is 5.56 Å². The van der Waals surface area contributed by atoms with Gasteiger partial charge in [-0.05, 0) is 46.1 Å². The molecule has 1 N–H and O–H groups in total. The second-order valence-electron chi connectivity index (χ2n) is 7.93. The normalized spacial score (nSPS) is 17.7. The van der Waals surface area contributed by atoms with Crippen molar-refractivity contribution in [3.05, 3.63) is 35.9 Å². The van der Waals surface area contributed by atoms with Gasteiger partial charge in [-0.15, -0.1) is 0 Å². The van der Waals surface area contributed by atoms with Gasteiger partial charge in [-0.3, -0.25) is 4.79 Å². The van der Waals surface area contributed by atoms with E-state index in [1.54, 1.807) is 25.7 Å². The number of nitrogens with zero attached hydrogens (tertiary/aromatic N) is 1. The van der Waals surface area contributed by atoms with Gasteiger partial charge in [0.15, 0.2) is 0 Å². The summed E-state index contributed by atoms with van der Waals surface area (Å²) < 4.78 is 5.41. The number of hydrogen-bond donors (Lipinski definition) is 1. The summed E-state index contributed by atoms with van der Waals surface area (Å²) in [6.07, 6.45) is 0.344. The van der Waals surface area contributed by atoms with Crippen LogP contribution in [0.25, 0.3) is 0 Å². The number of likely N-dealkylation sites (tertiary alicyclic amines) is 1. The Morgan fingerprint density at radius 2 is 1.70 bits per heavy atom. The molecule has 1 aromatic rings. The number of rotatable bonds is 4. The van der Waals surface area contributed by atoms with Gasteiger partial charge in [0.05, 0.1) is 17.4 Å². The van der Waals surface area contributed by atoms with Crippen molar-refractivity contribution in [1.82, 2.24) is 10.2 Å². The quantitative estimate of drug-likeness (QED) is 0.853. The van der Waals surface area contributed by atoms with E-state index in [4.69, 9.17) is 4.74 Å². The third kappa shape index (κ3) is 4.99. The summed E-state index contributed by atoms with van der Waals surface area (Å²) >= 11 is 0. The Labute approximate surface area is 159 Å². The van der Waals surface area contributed by atoms with E-state index in [9.17, 15) is 19.5 Å². The summed E-state index contributed by atoms with van der Waals surface area (Å²) in [5.41, 5.74) is -0.688. The van der Waals surface area contributed by atoms with E-state index < -0.39 is 29.1 Å². The first-order valence-corrected chi connectivity index (χ1v) is 9.10. The molecule has 7 heteroatoms. The number of aliphatic carboxylic acids is 1. The van der Waals surface area contributed by atoms with E-state index >= 15 is 0 Å². The molecule has 0 saturated carbocycles. The predicted molar refractivity (Wildman–Crippen MR) is 97.8 cm³/mol. The molecule has 0 radical (unpaired) electrons. The summed E-state index contributed by atoms with van der Waals surface area (Å²) in [6.45, 7) is 7.48. The van der Waals surface area contributed by atoms with Crippen molar-refractivity contribution in [2.24, 2.45) is 0 Å². The standard InChI is InChI=1S/C20H28N2O5/c1-14(16(23)24)21-17(25)20(15-8-6-5-7-9-15)10-12-22(13-11-20)18(26)27-19(2,3)4/h5-9,14H,10-13H2,1-4H3,(H,21,25)(H,23,24)/p-1/t14-/m0/s1. The first-order valence-electron chi connectivity index (χ1n) is 9.10. The lowest BCUT2D eigenvalue weighted by atomic mass is 9.72. The smallest absolute Gasteiger partial charge is 0.410 e. The molecular formula is C20H27N2O5-. The fraction of sp³-hybridized carbons (Fsp3) is 0.550. The van der Waals surface area contributed by atoms with Crippen LogP contribution in [0.1, 0.15) is 46.1 Å². The molecule has 2 amide bonds. The zero-order chi connectivity index (χ0) is 20.2. The van der Waals surface area contributed by atoms with Gasteiger partial charge < -0.3 is 24.9 Å². The molecule has 0 aliphatic carbocycles. The van der Waals surface area contributed by atoms with Crippen molar-refractivity contribution in [3.8, 4) is 0 Å². The second-order valence-corrected chi connectivity index (χ2v) is 7.93. The Balaban J connectivity index is 2.21. The van der Waals surface area contributed by atoms with E-state index in [1.807, 2.05) is 30.3 Å². The number of ether oxygens (including phenoxy) is 1. The average molecular weight is 375 g/mol. The number of carbonyl (C=O) groups excluding carboxylic acids is 3. The Morgan fingerprint density at radius 1 is 1.15 bits per heavy atom. The number of amides is 2. The van der Waals surface area contributed by atoms with Gasteiger partial charge in [0.25, 0.3) is 0 Å². The maximum atomic E-state index is 13.0. The molecule has 148 valence electrons. The Morgan fingerprint density at radius 3 is 2.19 bits per heavy atom. The third-order valence-corrected chi connectivity index (χ3v) is 4.73. The van der Waals surface area contributed by atoms with E-state index in [2.05, 4.69) is 5.32 Å². The third-order valence-electron chi connectivity index (χ3n) is 4.73. The predicted octanol–water partition coefficient (Wildman–Crippen LogP) is 1.21. The number of carboxylic acid groups (broad SMARTS) is 1. The summed E-state index contributed by atoms with van der Waals surface area (Å²) in [5, 5.41) is 13.6. The second kappa shape index (κ2) is 7.98. The highest BCUT2D eigenvalue weighted by Gasteiger charge is 2.44. The number of hydrogen-bond acceptors (Lipinski definition) is 5. The van der Waals surface area contributed by atoms with Crippen molar-refractivity contribution in [3.63, 3.8) is 0 Å². The number of benzene rings is 1. The number of piperidine rings is 1. The molecule has 27 heavy (non-hydrogen) atoms. The van der Waals surface area contributed by atoms with Gasteiger partial charge >= 0.3 is 6.09 Å². The van der Waals surface area contributed by atoms with Crippen molar-refractivity contribution in [1.29, 1.82) is 0 Å². The molecule has 0 spiro atoms. The lowest BCUT2D eigenvalue weighted by molar-refractivity contribution is -0.307. The van der Waals surface area contributed by atoms with Gasteiger partial charge in [-0.2, -0.15) is 0 Å². The van der Waals surface area contributed by atoms with Crippen LogP contribution in [0.2, 0.25) is 0 Å². The molecular weight excluding hydrogens is 348 g/mol. The molecule has 1 saturated heterocycles. The van der Waals surface area contributed by atoms with Crippen molar-refractivity contribution in [2.45, 2.75) is 57.6 Å². The van der Waals surface area contributed by atoms with Crippen LogP contribution < -0.4 is 10.4 Å². The highest BCUT2D eigenvalue weighted by Crippen LogP contribution is 2.36. The minimum Gasteiger partial charge on any atom is -0.548 e. The highest BCUT2D eigenvalue weighted by molar-refractivity contribution is 5.91. The highest BCUT2D eigenvalue weighted by atomic mass is 16.6. The fourth-order valence-corrected chi connectivity index (χ4v) is 3.20. The minimum absolute atomic E-state index is 0.344. The lowest BCUT2D eigenvalue weighted by Gasteiger charge is -2.41. The largest absolute Gasteiger partial charge is 0.548 e. The summed E-state index contributed by atoms with van der Waals surface area (Å²) in [5.74, 6) is -1.70. The Hall–Kier alpha value is -2.57. The van der Waals surface area contributed by atoms with E-state index in [1.165, 1.54) is 6.92 Å². The van der Waals surface area contributed by atoms with Gasteiger partial charge in [-0.1, -0.05) is 30.3 Å². The van der Waals surface area contributed by atoms with Gasteiger partial charge in [0, 0.05) is 13.1 Å². The van der Waals surface area contributed by atoms with Crippen LogP contribution in [0.3, 0.4) is 0 Å². The number of carboxylic acids is 1. The number of nitrogens with one attached hydrogen (secondary N) is 1. The zero-order valence-corrected chi connectivity index (χ0v) is 16.3. The van der Waals surface area contributed by atoms with Crippen LogP contribution >= 0.6 is 0 Å². The first-order chi connectivity index (χ1) is 12.5. The number of carbonyl (C=O) groups is 3. The van der Waals surface area contributed by atoms with Crippen LogP contribution in [0, 0.1) is 0 Å². The molecule has 1 aliphatic heterocycles. The monoisotopic (exact) mass is 375 g/mol. The Bertz CT molecular complexity index is 688. The van der Waals surface area contributed by atoms with Crippen molar-refractivity contribution < 1.29 is 24.2 Å². The molecule has 1 fully saturated rings. The first kappa shape index (κ1) is 20.7. The van der Waals surface area contributed by atoms with E-state index in [-0.39, 0.29) is 5.91 Å².